The van der Waals surface area contributed by atoms with E-state index >= 15 is 0 Å². The number of nitrogens with zero attached hydrogens (tertiary/aromatic N) is 1. The molecule has 2 unspecified atom stereocenters. The molecule has 1 aliphatic rings. The molecule has 4 nitrogen and oxygen atoms in total. The predicted molar refractivity (Wildman–Crippen MR) is 95.6 cm³/mol. The molecule has 0 aliphatic carbocycles. The Bertz CT molecular complexity index is 727. The lowest BCUT2D eigenvalue weighted by molar-refractivity contribution is -0.141. The van der Waals surface area contributed by atoms with Crippen LogP contribution in [0, 0.1) is 12.8 Å². The van der Waals surface area contributed by atoms with Gasteiger partial charge in [-0.1, -0.05) is 35.9 Å². The zero-order valence-corrected chi connectivity index (χ0v) is 14.8. The van der Waals surface area contributed by atoms with E-state index in [4.69, 9.17) is 0 Å². The van der Waals surface area contributed by atoms with Gasteiger partial charge in [-0.2, -0.15) is 0 Å². The first-order valence-corrected chi connectivity index (χ1v) is 9.06. The van der Waals surface area contributed by atoms with Crippen LogP contribution in [0.25, 0.3) is 0 Å². The van der Waals surface area contributed by atoms with E-state index in [9.17, 15) is 9.59 Å². The minimum atomic E-state index is -0.198. The second kappa shape index (κ2) is 7.18. The summed E-state index contributed by atoms with van der Waals surface area (Å²) in [5.41, 5.74) is 2.28. The number of piperidine rings is 1. The Labute approximate surface area is 146 Å². The first-order chi connectivity index (χ1) is 11.6. The molecular formula is C19H22N2O2S. The average molecular weight is 342 g/mol. The number of thiophene rings is 1. The fourth-order valence-corrected chi connectivity index (χ4v) is 4.24. The Morgan fingerprint density at radius 1 is 1.33 bits per heavy atom. The van der Waals surface area contributed by atoms with E-state index in [2.05, 4.69) is 11.4 Å². The van der Waals surface area contributed by atoms with Crippen LogP contribution in [0.2, 0.25) is 0 Å². The largest absolute Gasteiger partial charge is 0.352 e. The van der Waals surface area contributed by atoms with Gasteiger partial charge in [0.15, 0.2) is 0 Å². The number of amides is 2. The summed E-state index contributed by atoms with van der Waals surface area (Å²) in [6, 6.07) is 11.9. The molecule has 126 valence electrons. The van der Waals surface area contributed by atoms with Gasteiger partial charge < -0.3 is 10.2 Å². The van der Waals surface area contributed by atoms with Gasteiger partial charge in [0, 0.05) is 24.9 Å². The molecular weight excluding hydrogens is 320 g/mol. The number of hydrogen-bond donors (Lipinski definition) is 1. The van der Waals surface area contributed by atoms with Crippen molar-refractivity contribution in [1.29, 1.82) is 0 Å². The summed E-state index contributed by atoms with van der Waals surface area (Å²) in [6.07, 6.45) is 1.03. The topological polar surface area (TPSA) is 49.4 Å². The fourth-order valence-electron chi connectivity index (χ4n) is 3.30. The van der Waals surface area contributed by atoms with Crippen LogP contribution in [0.5, 0.6) is 0 Å². The molecule has 2 amide bonds. The van der Waals surface area contributed by atoms with Crippen LogP contribution in [-0.4, -0.2) is 23.8 Å². The number of carbonyl (C=O) groups excluding carboxylic acids is 2. The average Bonchev–Trinajstić information content (AvgIpc) is 3.09. The van der Waals surface area contributed by atoms with Gasteiger partial charge in [-0.15, -0.1) is 11.3 Å². The number of hydrogen-bond acceptors (Lipinski definition) is 3. The van der Waals surface area contributed by atoms with Crippen LogP contribution < -0.4 is 5.32 Å². The van der Waals surface area contributed by atoms with Crippen molar-refractivity contribution in [2.45, 2.75) is 32.4 Å². The molecule has 2 aromatic rings. The van der Waals surface area contributed by atoms with E-state index in [1.54, 1.807) is 23.3 Å². The maximum atomic E-state index is 12.8. The van der Waals surface area contributed by atoms with Crippen molar-refractivity contribution in [3.8, 4) is 0 Å². The number of aryl methyl sites for hydroxylation is 1. The Hall–Kier alpha value is -2.14. The van der Waals surface area contributed by atoms with Gasteiger partial charge in [-0.05, 0) is 30.4 Å². The predicted octanol–water partition coefficient (Wildman–Crippen LogP) is 3.28. The van der Waals surface area contributed by atoms with Gasteiger partial charge in [-0.3, -0.25) is 9.59 Å². The molecule has 1 fully saturated rings. The van der Waals surface area contributed by atoms with Gasteiger partial charge in [0.1, 0.15) is 0 Å². The van der Waals surface area contributed by atoms with E-state index < -0.39 is 0 Å². The van der Waals surface area contributed by atoms with Crippen molar-refractivity contribution < 1.29 is 9.59 Å². The highest BCUT2D eigenvalue weighted by Crippen LogP contribution is 2.37. The first kappa shape index (κ1) is 16.7. The highest BCUT2D eigenvalue weighted by molar-refractivity contribution is 7.10. The zero-order valence-electron chi connectivity index (χ0n) is 14.0. The minimum Gasteiger partial charge on any atom is -0.352 e. The lowest BCUT2D eigenvalue weighted by Crippen LogP contribution is -2.45. The number of benzene rings is 1. The van der Waals surface area contributed by atoms with Crippen LogP contribution in [-0.2, 0) is 16.1 Å². The quantitative estimate of drug-likeness (QED) is 0.927. The number of carbonyl (C=O) groups is 2. The normalized spacial score (nSPS) is 20.9. The summed E-state index contributed by atoms with van der Waals surface area (Å²) in [4.78, 5) is 27.7. The van der Waals surface area contributed by atoms with Crippen LogP contribution in [0.3, 0.4) is 0 Å². The van der Waals surface area contributed by atoms with Crippen LogP contribution in [0.4, 0.5) is 0 Å². The Morgan fingerprint density at radius 2 is 2.17 bits per heavy atom. The summed E-state index contributed by atoms with van der Waals surface area (Å²) in [7, 11) is 1.80. The molecule has 0 spiro atoms. The van der Waals surface area contributed by atoms with E-state index in [-0.39, 0.29) is 23.8 Å². The molecule has 1 N–H and O–H groups in total. The van der Waals surface area contributed by atoms with Gasteiger partial charge >= 0.3 is 0 Å². The Morgan fingerprint density at radius 3 is 2.88 bits per heavy atom. The maximum absolute atomic E-state index is 12.8. The molecule has 1 aliphatic heterocycles. The lowest BCUT2D eigenvalue weighted by atomic mass is 9.87. The van der Waals surface area contributed by atoms with Gasteiger partial charge in [-0.25, -0.2) is 0 Å². The monoisotopic (exact) mass is 342 g/mol. The summed E-state index contributed by atoms with van der Waals surface area (Å²) in [5.74, 6) is -0.0680. The van der Waals surface area contributed by atoms with E-state index in [1.807, 2.05) is 42.6 Å². The second-order valence-corrected chi connectivity index (χ2v) is 7.30. The van der Waals surface area contributed by atoms with Gasteiger partial charge in [0.2, 0.25) is 11.8 Å². The highest BCUT2D eigenvalue weighted by Gasteiger charge is 2.39. The molecule has 1 aromatic heterocycles. The van der Waals surface area contributed by atoms with E-state index in [1.165, 1.54) is 5.56 Å². The fraction of sp³-hybridized carbons (Fsp3) is 0.368. The summed E-state index contributed by atoms with van der Waals surface area (Å²) in [6.45, 7) is 2.56. The first-order valence-electron chi connectivity index (χ1n) is 8.18. The number of likely N-dealkylation sites (tertiary alicyclic amines) is 1. The number of rotatable bonds is 4. The third-order valence-corrected chi connectivity index (χ3v) is 5.52. The molecule has 5 heteroatoms. The third-order valence-electron chi connectivity index (χ3n) is 4.58. The summed E-state index contributed by atoms with van der Waals surface area (Å²) < 4.78 is 0. The van der Waals surface area contributed by atoms with E-state index in [0.717, 1.165) is 10.4 Å². The second-order valence-electron chi connectivity index (χ2n) is 6.32. The standard InChI is InChI=1S/C19H22N2O2S/c1-13-5-3-6-14(11-13)12-20-19(23)15-8-9-17(22)21(2)18(15)16-7-4-10-24-16/h3-7,10-11,15,18H,8-9,12H2,1-2H3,(H,20,23). The molecule has 24 heavy (non-hydrogen) atoms. The van der Waals surface area contributed by atoms with Crippen LogP contribution >= 0.6 is 11.3 Å². The van der Waals surface area contributed by atoms with Gasteiger partial charge in [0.25, 0.3) is 0 Å². The minimum absolute atomic E-state index is 0.0225. The lowest BCUT2D eigenvalue weighted by Gasteiger charge is -2.37. The Balaban J connectivity index is 1.73. The van der Waals surface area contributed by atoms with Gasteiger partial charge in [0.05, 0.1) is 12.0 Å². The van der Waals surface area contributed by atoms with Crippen molar-refractivity contribution in [3.63, 3.8) is 0 Å². The molecule has 0 radical (unpaired) electrons. The number of nitrogens with one attached hydrogen (secondary N) is 1. The highest BCUT2D eigenvalue weighted by atomic mass is 32.1. The van der Waals surface area contributed by atoms with Crippen molar-refractivity contribution in [1.82, 2.24) is 10.2 Å². The van der Waals surface area contributed by atoms with Crippen molar-refractivity contribution in [3.05, 3.63) is 57.8 Å². The van der Waals surface area contributed by atoms with Crippen molar-refractivity contribution in [2.24, 2.45) is 5.92 Å². The SMILES string of the molecule is Cc1cccc(CNC(=O)C2CCC(=O)N(C)C2c2cccs2)c1. The molecule has 0 bridgehead atoms. The maximum Gasteiger partial charge on any atom is 0.225 e. The summed E-state index contributed by atoms with van der Waals surface area (Å²) in [5, 5.41) is 5.04. The smallest absolute Gasteiger partial charge is 0.225 e. The molecule has 0 saturated carbocycles. The zero-order chi connectivity index (χ0) is 17.1. The van der Waals surface area contributed by atoms with E-state index in [0.29, 0.717) is 19.4 Å². The molecule has 1 saturated heterocycles. The Kier molecular flexibility index (Phi) is 5.00. The van der Waals surface area contributed by atoms with Crippen LogP contribution in [0.15, 0.2) is 41.8 Å². The van der Waals surface area contributed by atoms with Crippen molar-refractivity contribution >= 4 is 23.2 Å². The van der Waals surface area contributed by atoms with Crippen LogP contribution in [0.1, 0.15) is 34.9 Å². The molecule has 2 heterocycles. The third kappa shape index (κ3) is 3.51. The summed E-state index contributed by atoms with van der Waals surface area (Å²) >= 11 is 1.60. The molecule has 1 aromatic carbocycles. The van der Waals surface area contributed by atoms with Crippen molar-refractivity contribution in [2.75, 3.05) is 7.05 Å². The molecule has 2 atom stereocenters. The molecule has 3 rings (SSSR count).